The Kier molecular flexibility index (Phi) is 4.87. The maximum absolute atomic E-state index is 12.8. The van der Waals surface area contributed by atoms with E-state index in [0.717, 1.165) is 11.4 Å². The van der Waals surface area contributed by atoms with Crippen molar-refractivity contribution in [2.45, 2.75) is 32.0 Å². The number of aryl methyl sites for hydroxylation is 1. The van der Waals surface area contributed by atoms with Gasteiger partial charge >= 0.3 is 0 Å². The third-order valence-electron chi connectivity index (χ3n) is 3.36. The van der Waals surface area contributed by atoms with Crippen LogP contribution in [-0.4, -0.2) is 20.7 Å². The van der Waals surface area contributed by atoms with E-state index in [1.807, 2.05) is 24.7 Å². The van der Waals surface area contributed by atoms with E-state index in [0.29, 0.717) is 13.0 Å². The van der Waals surface area contributed by atoms with Gasteiger partial charge in [0.25, 0.3) is 0 Å². The number of hydrogen-bond donors (Lipinski definition) is 2. The van der Waals surface area contributed by atoms with Crippen LogP contribution in [0.1, 0.15) is 30.8 Å². The van der Waals surface area contributed by atoms with E-state index in [1.165, 1.54) is 12.1 Å². The monoisotopic (exact) mass is 277 g/mol. The van der Waals surface area contributed by atoms with Crippen LogP contribution in [0, 0.1) is 5.82 Å². The summed E-state index contributed by atoms with van der Waals surface area (Å²) in [5.74, 6) is 0.662. The number of aliphatic hydroxyl groups is 1. The lowest BCUT2D eigenvalue weighted by atomic mass is 10.0. The fourth-order valence-corrected chi connectivity index (χ4v) is 2.07. The van der Waals surface area contributed by atoms with Crippen LogP contribution in [0.4, 0.5) is 4.39 Å². The minimum atomic E-state index is -0.598. The second-order valence-corrected chi connectivity index (χ2v) is 5.04. The Hall–Kier alpha value is -1.72. The summed E-state index contributed by atoms with van der Waals surface area (Å²) in [6, 6.07) is 6.10. The highest BCUT2D eigenvalue weighted by Crippen LogP contribution is 2.18. The molecule has 1 aromatic heterocycles. The molecule has 0 amide bonds. The molecule has 20 heavy (non-hydrogen) atoms. The molecule has 5 heteroatoms. The van der Waals surface area contributed by atoms with Crippen molar-refractivity contribution in [3.63, 3.8) is 0 Å². The first-order chi connectivity index (χ1) is 9.56. The molecule has 4 nitrogen and oxygen atoms in total. The first-order valence-electron chi connectivity index (χ1n) is 6.69. The third kappa shape index (κ3) is 3.88. The predicted octanol–water partition coefficient (Wildman–Crippen LogP) is 2.16. The Morgan fingerprint density at radius 3 is 2.65 bits per heavy atom. The normalized spacial score (nSPS) is 14.2. The first kappa shape index (κ1) is 14.7. The van der Waals surface area contributed by atoms with Crippen LogP contribution in [0.2, 0.25) is 0 Å². The molecule has 2 aromatic rings. The lowest BCUT2D eigenvalue weighted by molar-refractivity contribution is 0.153. The zero-order chi connectivity index (χ0) is 14.5. The van der Waals surface area contributed by atoms with Gasteiger partial charge in [-0.3, -0.25) is 0 Å². The highest BCUT2D eigenvalue weighted by Gasteiger charge is 2.12. The fraction of sp³-hybridized carbons (Fsp3) is 0.400. The molecule has 2 N–H and O–H groups in total. The minimum Gasteiger partial charge on any atom is -0.388 e. The molecule has 0 aliphatic heterocycles. The lowest BCUT2D eigenvalue weighted by Gasteiger charge is -2.18. The van der Waals surface area contributed by atoms with Crippen molar-refractivity contribution in [2.75, 3.05) is 0 Å². The van der Waals surface area contributed by atoms with E-state index in [-0.39, 0.29) is 11.9 Å². The zero-order valence-electron chi connectivity index (χ0n) is 11.8. The Morgan fingerprint density at radius 2 is 2.05 bits per heavy atom. The number of nitrogens with zero attached hydrogens (tertiary/aromatic N) is 2. The van der Waals surface area contributed by atoms with E-state index in [1.54, 1.807) is 18.3 Å². The zero-order valence-corrected chi connectivity index (χ0v) is 11.8. The molecule has 0 radical (unpaired) electrons. The van der Waals surface area contributed by atoms with Gasteiger partial charge in [0.2, 0.25) is 0 Å². The van der Waals surface area contributed by atoms with Crippen molar-refractivity contribution < 1.29 is 9.50 Å². The summed E-state index contributed by atoms with van der Waals surface area (Å²) in [5.41, 5.74) is 0.733. The van der Waals surface area contributed by atoms with Crippen molar-refractivity contribution in [2.24, 2.45) is 7.05 Å². The molecule has 0 unspecified atom stereocenters. The smallest absolute Gasteiger partial charge is 0.123 e. The molecule has 0 saturated carbocycles. The number of aromatic nitrogens is 2. The number of aliphatic hydroxyl groups excluding tert-OH is 1. The number of benzene rings is 1. The number of hydrogen-bond acceptors (Lipinski definition) is 3. The summed E-state index contributed by atoms with van der Waals surface area (Å²) in [6.45, 7) is 2.66. The van der Waals surface area contributed by atoms with Gasteiger partial charge in [-0.2, -0.15) is 0 Å². The van der Waals surface area contributed by atoms with Gasteiger partial charge in [0.15, 0.2) is 0 Å². The van der Waals surface area contributed by atoms with Gasteiger partial charge in [-0.15, -0.1) is 0 Å². The molecule has 2 atom stereocenters. The Labute approximate surface area is 118 Å². The van der Waals surface area contributed by atoms with Crippen LogP contribution in [0.25, 0.3) is 0 Å². The Bertz CT molecular complexity index is 538. The molecule has 1 aromatic carbocycles. The molecular weight excluding hydrogens is 257 g/mol. The predicted molar refractivity (Wildman–Crippen MR) is 75.5 cm³/mol. The van der Waals surface area contributed by atoms with E-state index in [9.17, 15) is 9.50 Å². The molecule has 0 saturated heterocycles. The summed E-state index contributed by atoms with van der Waals surface area (Å²) < 4.78 is 14.8. The number of rotatable bonds is 6. The number of nitrogens with one attached hydrogen (secondary N) is 1. The van der Waals surface area contributed by atoms with Gasteiger partial charge in [-0.05, 0) is 31.0 Å². The van der Waals surface area contributed by atoms with Gasteiger partial charge in [-0.1, -0.05) is 12.1 Å². The highest BCUT2D eigenvalue weighted by molar-refractivity contribution is 5.18. The third-order valence-corrected chi connectivity index (χ3v) is 3.36. The van der Waals surface area contributed by atoms with Crippen LogP contribution >= 0.6 is 0 Å². The van der Waals surface area contributed by atoms with E-state index < -0.39 is 6.10 Å². The fourth-order valence-electron chi connectivity index (χ4n) is 2.07. The average molecular weight is 277 g/mol. The molecular formula is C15H20FN3O. The van der Waals surface area contributed by atoms with Gasteiger partial charge < -0.3 is 15.0 Å². The van der Waals surface area contributed by atoms with E-state index in [2.05, 4.69) is 10.3 Å². The SMILES string of the molecule is C[C@@H](C[C@@H](O)c1ccc(F)cc1)NCc1nccn1C. The standard InChI is InChI=1S/C15H20FN3O/c1-11(18-10-15-17-7-8-19(15)2)9-14(20)12-3-5-13(16)6-4-12/h3-8,11,14,18,20H,9-10H2,1-2H3/t11-,14+/m0/s1. The minimum absolute atomic E-state index is 0.131. The highest BCUT2D eigenvalue weighted by atomic mass is 19.1. The molecule has 108 valence electrons. The van der Waals surface area contributed by atoms with Crippen LogP contribution in [0.15, 0.2) is 36.7 Å². The van der Waals surface area contributed by atoms with Crippen LogP contribution in [0.5, 0.6) is 0 Å². The van der Waals surface area contributed by atoms with Gasteiger partial charge in [0, 0.05) is 25.5 Å². The van der Waals surface area contributed by atoms with Gasteiger partial charge in [0.05, 0.1) is 12.6 Å². The maximum atomic E-state index is 12.8. The molecule has 1 heterocycles. The lowest BCUT2D eigenvalue weighted by Crippen LogP contribution is -2.28. The van der Waals surface area contributed by atoms with E-state index >= 15 is 0 Å². The summed E-state index contributed by atoms with van der Waals surface area (Å²) in [5, 5.41) is 13.4. The van der Waals surface area contributed by atoms with Crippen molar-refractivity contribution >= 4 is 0 Å². The first-order valence-corrected chi connectivity index (χ1v) is 6.69. The molecule has 0 aliphatic rings. The van der Waals surface area contributed by atoms with Crippen molar-refractivity contribution in [3.8, 4) is 0 Å². The van der Waals surface area contributed by atoms with Gasteiger partial charge in [-0.25, -0.2) is 9.37 Å². The quantitative estimate of drug-likeness (QED) is 0.850. The maximum Gasteiger partial charge on any atom is 0.123 e. The second-order valence-electron chi connectivity index (χ2n) is 5.04. The largest absolute Gasteiger partial charge is 0.388 e. The van der Waals surface area contributed by atoms with Crippen molar-refractivity contribution in [3.05, 3.63) is 53.9 Å². The summed E-state index contributed by atoms with van der Waals surface area (Å²) >= 11 is 0. The van der Waals surface area contributed by atoms with Crippen LogP contribution in [-0.2, 0) is 13.6 Å². The molecule has 0 bridgehead atoms. The number of halogens is 1. The summed E-state index contributed by atoms with van der Waals surface area (Å²) in [7, 11) is 1.95. The van der Waals surface area contributed by atoms with E-state index in [4.69, 9.17) is 0 Å². The Morgan fingerprint density at radius 1 is 1.35 bits per heavy atom. The van der Waals surface area contributed by atoms with Crippen molar-refractivity contribution in [1.82, 2.24) is 14.9 Å². The molecule has 0 spiro atoms. The average Bonchev–Trinajstić information content (AvgIpc) is 2.82. The topological polar surface area (TPSA) is 50.1 Å². The Balaban J connectivity index is 1.83. The summed E-state index contributed by atoms with van der Waals surface area (Å²) in [6.07, 6.45) is 3.62. The van der Waals surface area contributed by atoms with Crippen LogP contribution < -0.4 is 5.32 Å². The summed E-state index contributed by atoms with van der Waals surface area (Å²) in [4.78, 5) is 4.23. The van der Waals surface area contributed by atoms with Crippen molar-refractivity contribution in [1.29, 1.82) is 0 Å². The molecule has 0 aliphatic carbocycles. The molecule has 2 rings (SSSR count). The molecule has 0 fully saturated rings. The second kappa shape index (κ2) is 6.63. The van der Waals surface area contributed by atoms with Gasteiger partial charge in [0.1, 0.15) is 11.6 Å². The number of imidazole rings is 1. The van der Waals surface area contributed by atoms with Crippen LogP contribution in [0.3, 0.4) is 0 Å².